The summed E-state index contributed by atoms with van der Waals surface area (Å²) in [7, 11) is 0. The molecule has 2 saturated heterocycles. The predicted molar refractivity (Wildman–Crippen MR) is 77.0 cm³/mol. The topological polar surface area (TPSA) is 84.3 Å². The van der Waals surface area contributed by atoms with E-state index >= 15 is 0 Å². The summed E-state index contributed by atoms with van der Waals surface area (Å²) < 4.78 is 0. The first-order valence-electron chi connectivity index (χ1n) is 7.63. The number of urea groups is 1. The molecule has 2 atom stereocenters. The van der Waals surface area contributed by atoms with E-state index in [1.54, 1.807) is 0 Å². The van der Waals surface area contributed by atoms with Gasteiger partial charge in [-0.15, -0.1) is 0 Å². The minimum absolute atomic E-state index is 0.0478. The van der Waals surface area contributed by atoms with E-state index in [4.69, 9.17) is 5.11 Å². The highest BCUT2D eigenvalue weighted by atomic mass is 16.4. The first kappa shape index (κ1) is 16.0. The average Bonchev–Trinajstić information content (AvgIpc) is 2.48. The van der Waals surface area contributed by atoms with Crippen LogP contribution in [0.2, 0.25) is 0 Å². The fourth-order valence-corrected chi connectivity index (χ4v) is 2.92. The summed E-state index contributed by atoms with van der Waals surface area (Å²) in [5.41, 5.74) is 0. The van der Waals surface area contributed by atoms with Gasteiger partial charge in [0, 0.05) is 45.8 Å². The number of carboxylic acids is 1. The lowest BCUT2D eigenvalue weighted by Crippen LogP contribution is -2.55. The van der Waals surface area contributed by atoms with Gasteiger partial charge in [-0.2, -0.15) is 0 Å². The zero-order valence-corrected chi connectivity index (χ0v) is 12.6. The molecule has 7 heteroatoms. The molecule has 0 bridgehead atoms. The molecule has 0 aromatic rings. The van der Waals surface area contributed by atoms with E-state index in [0.29, 0.717) is 39.1 Å². The van der Waals surface area contributed by atoms with Gasteiger partial charge in [0.25, 0.3) is 0 Å². The Bertz CT molecular complexity index is 382. The third-order valence-electron chi connectivity index (χ3n) is 4.42. The van der Waals surface area contributed by atoms with Crippen molar-refractivity contribution in [1.29, 1.82) is 0 Å². The van der Waals surface area contributed by atoms with Crippen LogP contribution in [0.3, 0.4) is 0 Å². The Morgan fingerprint density at radius 3 is 2.33 bits per heavy atom. The van der Waals surface area contributed by atoms with Crippen LogP contribution in [0.4, 0.5) is 4.79 Å². The monoisotopic (exact) mass is 299 g/mol. The maximum Gasteiger partial charge on any atom is 0.320 e. The van der Waals surface area contributed by atoms with Crippen LogP contribution in [0.1, 0.15) is 19.8 Å². The van der Waals surface area contributed by atoms with Gasteiger partial charge in [-0.25, -0.2) is 4.79 Å². The second-order valence-corrected chi connectivity index (χ2v) is 6.03. The van der Waals surface area contributed by atoms with E-state index in [1.807, 2.05) is 16.7 Å². The van der Waals surface area contributed by atoms with Gasteiger partial charge >= 0.3 is 12.0 Å². The largest absolute Gasteiger partial charge is 0.481 e. The average molecular weight is 299 g/mol. The van der Waals surface area contributed by atoms with Crippen molar-refractivity contribution in [3.05, 3.63) is 0 Å². The maximum absolute atomic E-state index is 12.4. The summed E-state index contributed by atoms with van der Waals surface area (Å²) in [6.07, 6.45) is 0.489. The molecule has 2 aliphatic rings. The van der Waals surface area contributed by atoms with Gasteiger partial charge in [-0.05, 0) is 12.3 Å². The zero-order chi connectivity index (χ0) is 15.4. The Balaban J connectivity index is 1.76. The molecule has 0 radical (unpaired) electrons. The van der Waals surface area contributed by atoms with Crippen LogP contribution in [0.5, 0.6) is 0 Å². The van der Waals surface area contributed by atoms with Gasteiger partial charge in [0.1, 0.15) is 0 Å². The molecule has 2 rings (SSSR count). The molecule has 21 heavy (non-hydrogen) atoms. The highest BCUT2D eigenvalue weighted by Crippen LogP contribution is 2.18. The van der Waals surface area contributed by atoms with E-state index in [9.17, 15) is 14.7 Å². The smallest absolute Gasteiger partial charge is 0.320 e. The molecule has 7 nitrogen and oxygen atoms in total. The number of carboxylic acid groups (broad SMARTS) is 1. The third-order valence-corrected chi connectivity index (χ3v) is 4.42. The molecule has 2 N–H and O–H groups in total. The summed E-state index contributed by atoms with van der Waals surface area (Å²) in [4.78, 5) is 28.7. The lowest BCUT2D eigenvalue weighted by molar-refractivity contribution is -0.137. The first-order chi connectivity index (χ1) is 9.97. The fourth-order valence-electron chi connectivity index (χ4n) is 2.92. The molecule has 120 valence electrons. The standard InChI is InChI=1S/C14H25N3O4/c1-11-10-17(5-2-12(11)18)14(21)16-8-6-15(7-9-16)4-3-13(19)20/h11-12,18H,2-10H2,1H3,(H,19,20). The van der Waals surface area contributed by atoms with Gasteiger partial charge in [-0.3, -0.25) is 9.69 Å². The number of hydrogen-bond acceptors (Lipinski definition) is 4. The van der Waals surface area contributed by atoms with Crippen LogP contribution in [-0.2, 0) is 4.79 Å². The number of amides is 2. The van der Waals surface area contributed by atoms with E-state index in [2.05, 4.69) is 4.90 Å². The SMILES string of the molecule is CC1CN(C(=O)N2CCN(CCC(=O)O)CC2)CCC1O. The van der Waals surface area contributed by atoms with Crippen molar-refractivity contribution < 1.29 is 19.8 Å². The molecule has 2 unspecified atom stereocenters. The highest BCUT2D eigenvalue weighted by molar-refractivity contribution is 5.74. The summed E-state index contributed by atoms with van der Waals surface area (Å²) in [6, 6.07) is 0.0478. The summed E-state index contributed by atoms with van der Waals surface area (Å²) in [5.74, 6) is -0.658. The number of aliphatic carboxylic acids is 1. The number of aliphatic hydroxyl groups is 1. The summed E-state index contributed by atoms with van der Waals surface area (Å²) in [6.45, 7) is 6.48. The third kappa shape index (κ3) is 4.31. The molecule has 2 heterocycles. The van der Waals surface area contributed by atoms with Crippen LogP contribution in [0.15, 0.2) is 0 Å². The predicted octanol–water partition coefficient (Wildman–Crippen LogP) is -0.0986. The lowest BCUT2D eigenvalue weighted by atomic mass is 9.97. The van der Waals surface area contributed by atoms with Crippen LogP contribution >= 0.6 is 0 Å². The Morgan fingerprint density at radius 1 is 1.10 bits per heavy atom. The quantitative estimate of drug-likeness (QED) is 0.760. The molecule has 0 aromatic heterocycles. The molecular weight excluding hydrogens is 274 g/mol. The number of rotatable bonds is 3. The molecule has 2 fully saturated rings. The number of carbonyl (C=O) groups excluding carboxylic acids is 1. The number of piperazine rings is 1. The number of hydrogen-bond donors (Lipinski definition) is 2. The highest BCUT2D eigenvalue weighted by Gasteiger charge is 2.31. The van der Waals surface area contributed by atoms with Crippen molar-refractivity contribution in [3.8, 4) is 0 Å². The molecule has 0 saturated carbocycles. The lowest BCUT2D eigenvalue weighted by Gasteiger charge is -2.40. The van der Waals surface area contributed by atoms with E-state index in [-0.39, 0.29) is 24.5 Å². The second kappa shape index (κ2) is 7.09. The minimum Gasteiger partial charge on any atom is -0.481 e. The number of nitrogens with zero attached hydrogens (tertiary/aromatic N) is 3. The Labute approximate surface area is 125 Å². The minimum atomic E-state index is -0.783. The number of carbonyl (C=O) groups is 2. The van der Waals surface area contributed by atoms with Gasteiger partial charge in [-0.1, -0.05) is 6.92 Å². The van der Waals surface area contributed by atoms with Crippen molar-refractivity contribution in [2.75, 3.05) is 45.8 Å². The molecule has 0 aromatic carbocycles. The van der Waals surface area contributed by atoms with E-state index in [1.165, 1.54) is 0 Å². The number of likely N-dealkylation sites (tertiary alicyclic amines) is 1. The van der Waals surface area contributed by atoms with Crippen molar-refractivity contribution in [2.24, 2.45) is 5.92 Å². The molecule has 0 aliphatic carbocycles. The van der Waals surface area contributed by atoms with Gasteiger partial charge in [0.2, 0.25) is 0 Å². The molecule has 2 aliphatic heterocycles. The Hall–Kier alpha value is -1.34. The molecule has 2 amide bonds. The summed E-state index contributed by atoms with van der Waals surface area (Å²) in [5, 5.41) is 18.4. The Morgan fingerprint density at radius 2 is 1.76 bits per heavy atom. The normalized spacial score (nSPS) is 27.7. The van der Waals surface area contributed by atoms with Crippen LogP contribution < -0.4 is 0 Å². The van der Waals surface area contributed by atoms with Gasteiger partial charge in [0.15, 0.2) is 0 Å². The van der Waals surface area contributed by atoms with Crippen LogP contribution in [0, 0.1) is 5.92 Å². The van der Waals surface area contributed by atoms with Crippen LogP contribution in [0.25, 0.3) is 0 Å². The molecular formula is C14H25N3O4. The number of piperidine rings is 1. The Kier molecular flexibility index (Phi) is 5.41. The first-order valence-corrected chi connectivity index (χ1v) is 7.63. The number of aliphatic hydroxyl groups excluding tert-OH is 1. The maximum atomic E-state index is 12.4. The van der Waals surface area contributed by atoms with Gasteiger partial charge in [0.05, 0.1) is 12.5 Å². The fraction of sp³-hybridized carbons (Fsp3) is 0.857. The van der Waals surface area contributed by atoms with Crippen molar-refractivity contribution in [2.45, 2.75) is 25.9 Å². The van der Waals surface area contributed by atoms with Gasteiger partial charge < -0.3 is 20.0 Å². The van der Waals surface area contributed by atoms with E-state index in [0.717, 1.165) is 13.1 Å². The zero-order valence-electron chi connectivity index (χ0n) is 12.6. The van der Waals surface area contributed by atoms with Crippen molar-refractivity contribution in [1.82, 2.24) is 14.7 Å². The van der Waals surface area contributed by atoms with Crippen LogP contribution in [-0.4, -0.2) is 88.8 Å². The van der Waals surface area contributed by atoms with Crippen molar-refractivity contribution in [3.63, 3.8) is 0 Å². The molecule has 0 spiro atoms. The summed E-state index contributed by atoms with van der Waals surface area (Å²) >= 11 is 0. The van der Waals surface area contributed by atoms with E-state index < -0.39 is 5.97 Å². The van der Waals surface area contributed by atoms with Crippen molar-refractivity contribution >= 4 is 12.0 Å². The second-order valence-electron chi connectivity index (χ2n) is 6.03.